The van der Waals surface area contributed by atoms with Crippen molar-refractivity contribution in [2.45, 2.75) is 38.5 Å². The third-order valence-electron chi connectivity index (χ3n) is 7.98. The Hall–Kier alpha value is -3.67. The van der Waals surface area contributed by atoms with Gasteiger partial charge >= 0.3 is 0 Å². The number of fused-ring (bicyclic) bond motifs is 2. The van der Waals surface area contributed by atoms with Crippen molar-refractivity contribution in [3.63, 3.8) is 0 Å². The van der Waals surface area contributed by atoms with E-state index in [1.54, 1.807) is 12.3 Å². The molecule has 1 unspecified atom stereocenters. The van der Waals surface area contributed by atoms with E-state index in [0.29, 0.717) is 40.4 Å². The number of amides is 1. The van der Waals surface area contributed by atoms with E-state index in [1.165, 1.54) is 0 Å². The summed E-state index contributed by atoms with van der Waals surface area (Å²) in [6, 6.07) is 13.2. The number of para-hydroxylation sites is 1. The number of benzene rings is 2. The number of aliphatic hydroxyl groups is 1. The molecule has 1 saturated heterocycles. The van der Waals surface area contributed by atoms with Crippen LogP contribution in [0.25, 0.3) is 22.4 Å². The normalized spacial score (nSPS) is 16.8. The molecular weight excluding hydrogens is 588 g/mol. The van der Waals surface area contributed by atoms with Gasteiger partial charge in [0.15, 0.2) is 0 Å². The molecule has 2 aliphatic rings. The maximum atomic E-state index is 13.4. The molecule has 0 bridgehead atoms. The summed E-state index contributed by atoms with van der Waals surface area (Å²) >= 11 is 3.43. The number of halogens is 1. The predicted octanol–water partition coefficient (Wildman–Crippen LogP) is 3.97. The highest BCUT2D eigenvalue weighted by atomic mass is 79.9. The van der Waals surface area contributed by atoms with Crippen molar-refractivity contribution in [1.29, 1.82) is 0 Å². The highest BCUT2D eigenvalue weighted by molar-refractivity contribution is 9.10. The zero-order valence-corrected chi connectivity index (χ0v) is 24.4. The summed E-state index contributed by atoms with van der Waals surface area (Å²) in [4.78, 5) is 41.4. The lowest BCUT2D eigenvalue weighted by molar-refractivity contribution is 0.0602. The minimum atomic E-state index is -0.823. The Labute approximate surface area is 245 Å². The SMILES string of the molecule is CCN1CCC(N2Cc3cc4[nH]c(-c5c(NCC(O)COc6ccccc6Br)cc[nH]c5=O)nc4cc3C2=O)CC1. The number of aliphatic hydroxyl groups excluding tert-OH is 1. The third kappa shape index (κ3) is 5.61. The molecule has 6 rings (SSSR count). The van der Waals surface area contributed by atoms with E-state index in [2.05, 4.69) is 43.0 Å². The number of nitrogens with zero attached hydrogens (tertiary/aromatic N) is 3. The maximum absolute atomic E-state index is 13.4. The lowest BCUT2D eigenvalue weighted by atomic mass is 10.0. The molecule has 4 aromatic rings. The number of imidazole rings is 1. The molecule has 2 aromatic heterocycles. The van der Waals surface area contributed by atoms with E-state index < -0.39 is 6.10 Å². The molecule has 41 heavy (non-hydrogen) atoms. The number of hydrogen-bond acceptors (Lipinski definition) is 7. The van der Waals surface area contributed by atoms with Gasteiger partial charge in [-0.3, -0.25) is 9.59 Å². The average Bonchev–Trinajstić information content (AvgIpc) is 3.54. The minimum absolute atomic E-state index is 0.0556. The molecule has 1 atom stereocenters. The van der Waals surface area contributed by atoms with E-state index >= 15 is 0 Å². The first-order valence-corrected chi connectivity index (χ1v) is 14.8. The number of pyridine rings is 1. The number of anilines is 1. The summed E-state index contributed by atoms with van der Waals surface area (Å²) in [7, 11) is 0. The summed E-state index contributed by atoms with van der Waals surface area (Å²) in [6.45, 7) is 6.08. The van der Waals surface area contributed by atoms with Gasteiger partial charge in [-0.25, -0.2) is 4.98 Å². The number of piperidine rings is 1. The standard InChI is InChI=1S/C30H33BrN6O4/c1-2-36-11-8-19(9-12-36)37-16-18-13-24-25(14-21(18)30(37)40)35-28(34-24)27-23(7-10-32-29(27)39)33-15-20(38)17-41-26-6-4-3-5-22(26)31/h3-7,10,13-14,19-20,38H,2,8-9,11-12,15-17H2,1H3,(H,34,35)(H2,32,33,39). The highest BCUT2D eigenvalue weighted by Gasteiger charge is 2.35. The number of nitrogens with one attached hydrogen (secondary N) is 3. The van der Waals surface area contributed by atoms with Gasteiger partial charge in [0.2, 0.25) is 0 Å². The van der Waals surface area contributed by atoms with Crippen LogP contribution >= 0.6 is 15.9 Å². The van der Waals surface area contributed by atoms with Crippen LogP contribution in [-0.2, 0) is 6.54 Å². The maximum Gasteiger partial charge on any atom is 0.261 e. The van der Waals surface area contributed by atoms with Gasteiger partial charge in [0.05, 0.1) is 21.2 Å². The molecule has 0 saturated carbocycles. The fraction of sp³-hybridized carbons (Fsp3) is 0.367. The zero-order chi connectivity index (χ0) is 28.5. The van der Waals surface area contributed by atoms with Gasteiger partial charge < -0.3 is 34.9 Å². The quantitative estimate of drug-likeness (QED) is 0.223. The fourth-order valence-corrected chi connectivity index (χ4v) is 6.10. The summed E-state index contributed by atoms with van der Waals surface area (Å²) in [5.41, 5.74) is 3.60. The molecule has 1 amide bonds. The molecular formula is C30H33BrN6O4. The van der Waals surface area contributed by atoms with Crippen molar-refractivity contribution in [3.05, 3.63) is 74.6 Å². The van der Waals surface area contributed by atoms with Crippen LogP contribution < -0.4 is 15.6 Å². The topological polar surface area (TPSA) is 127 Å². The van der Waals surface area contributed by atoms with Crippen LogP contribution in [0.1, 0.15) is 35.7 Å². The van der Waals surface area contributed by atoms with E-state index in [1.807, 2.05) is 41.3 Å². The fourth-order valence-electron chi connectivity index (χ4n) is 5.70. The van der Waals surface area contributed by atoms with Crippen LogP contribution in [0.2, 0.25) is 0 Å². The molecule has 10 nitrogen and oxygen atoms in total. The van der Waals surface area contributed by atoms with E-state index in [9.17, 15) is 14.7 Å². The molecule has 0 spiro atoms. The molecule has 1 fully saturated rings. The Balaban J connectivity index is 1.17. The van der Waals surface area contributed by atoms with Gasteiger partial charge in [0.1, 0.15) is 29.8 Å². The number of carbonyl (C=O) groups is 1. The second-order valence-electron chi connectivity index (χ2n) is 10.6. The Morgan fingerprint density at radius 2 is 2.00 bits per heavy atom. The van der Waals surface area contributed by atoms with Crippen molar-refractivity contribution in [2.75, 3.05) is 38.1 Å². The van der Waals surface area contributed by atoms with Crippen LogP contribution in [0.15, 0.2) is 57.9 Å². The van der Waals surface area contributed by atoms with Crippen molar-refractivity contribution in [2.24, 2.45) is 0 Å². The molecule has 214 valence electrons. The van der Waals surface area contributed by atoms with Gasteiger partial charge in [-0.2, -0.15) is 0 Å². The van der Waals surface area contributed by atoms with Gasteiger partial charge in [-0.1, -0.05) is 19.1 Å². The number of aromatic nitrogens is 3. The first kappa shape index (κ1) is 27.5. The van der Waals surface area contributed by atoms with Crippen LogP contribution in [0, 0.1) is 0 Å². The first-order chi connectivity index (χ1) is 19.9. The van der Waals surface area contributed by atoms with Crippen molar-refractivity contribution in [3.8, 4) is 17.1 Å². The lowest BCUT2D eigenvalue weighted by Crippen LogP contribution is -2.44. The second kappa shape index (κ2) is 11.7. The highest BCUT2D eigenvalue weighted by Crippen LogP contribution is 2.33. The summed E-state index contributed by atoms with van der Waals surface area (Å²) in [5.74, 6) is 1.09. The summed E-state index contributed by atoms with van der Waals surface area (Å²) in [6.07, 6.45) is 2.71. The second-order valence-corrected chi connectivity index (χ2v) is 11.4. The van der Waals surface area contributed by atoms with E-state index in [-0.39, 0.29) is 30.7 Å². The van der Waals surface area contributed by atoms with Gasteiger partial charge in [0, 0.05) is 44.0 Å². The number of ether oxygens (including phenoxy) is 1. The molecule has 0 aliphatic carbocycles. The largest absolute Gasteiger partial charge is 0.490 e. The van der Waals surface area contributed by atoms with Gasteiger partial charge in [0.25, 0.3) is 11.5 Å². The van der Waals surface area contributed by atoms with Crippen molar-refractivity contribution >= 4 is 38.6 Å². The van der Waals surface area contributed by atoms with Crippen molar-refractivity contribution < 1.29 is 14.6 Å². The number of hydrogen-bond donors (Lipinski definition) is 4. The zero-order valence-electron chi connectivity index (χ0n) is 22.8. The summed E-state index contributed by atoms with van der Waals surface area (Å²) < 4.78 is 6.52. The Morgan fingerprint density at radius 3 is 2.78 bits per heavy atom. The van der Waals surface area contributed by atoms with Crippen LogP contribution in [0.4, 0.5) is 5.69 Å². The van der Waals surface area contributed by atoms with Crippen LogP contribution in [-0.4, -0.2) is 80.7 Å². The predicted molar refractivity (Wildman–Crippen MR) is 161 cm³/mol. The summed E-state index contributed by atoms with van der Waals surface area (Å²) in [5, 5.41) is 13.7. The Morgan fingerprint density at radius 1 is 1.20 bits per heavy atom. The lowest BCUT2D eigenvalue weighted by Gasteiger charge is -2.36. The van der Waals surface area contributed by atoms with Crippen molar-refractivity contribution in [1.82, 2.24) is 24.8 Å². The molecule has 2 aliphatic heterocycles. The molecule has 4 N–H and O–H groups in total. The van der Waals surface area contributed by atoms with Gasteiger partial charge in [-0.05, 0) is 71.2 Å². The molecule has 4 heterocycles. The first-order valence-electron chi connectivity index (χ1n) is 14.0. The molecule has 2 aromatic carbocycles. The van der Waals surface area contributed by atoms with E-state index in [0.717, 1.165) is 48.0 Å². The number of H-pyrrole nitrogens is 2. The number of aromatic amines is 2. The number of likely N-dealkylation sites (tertiary alicyclic amines) is 1. The average molecular weight is 622 g/mol. The van der Waals surface area contributed by atoms with Crippen LogP contribution in [0.5, 0.6) is 5.75 Å². The Bertz CT molecular complexity index is 1630. The minimum Gasteiger partial charge on any atom is -0.490 e. The van der Waals surface area contributed by atoms with Gasteiger partial charge in [-0.15, -0.1) is 0 Å². The molecule has 0 radical (unpaired) electrons. The van der Waals surface area contributed by atoms with Crippen LogP contribution in [0.3, 0.4) is 0 Å². The smallest absolute Gasteiger partial charge is 0.261 e. The number of carbonyl (C=O) groups excluding carboxylic acids is 1. The number of rotatable bonds is 9. The monoisotopic (exact) mass is 620 g/mol. The van der Waals surface area contributed by atoms with E-state index in [4.69, 9.17) is 9.72 Å². The molecule has 11 heteroatoms. The third-order valence-corrected chi connectivity index (χ3v) is 8.63. The Kier molecular flexibility index (Phi) is 7.83.